The summed E-state index contributed by atoms with van der Waals surface area (Å²) in [6, 6.07) is -0.718. The van der Waals surface area contributed by atoms with Crippen LogP contribution in [0.3, 0.4) is 0 Å². The van der Waals surface area contributed by atoms with Crippen LogP contribution in [0.15, 0.2) is 0 Å². The van der Waals surface area contributed by atoms with E-state index in [2.05, 4.69) is 5.32 Å². The van der Waals surface area contributed by atoms with E-state index in [9.17, 15) is 9.59 Å². The molecule has 82 valence electrons. The number of amides is 1. The fraction of sp³-hybridized carbons (Fsp3) is 0.800. The van der Waals surface area contributed by atoms with Gasteiger partial charge in [0.15, 0.2) is 0 Å². The summed E-state index contributed by atoms with van der Waals surface area (Å²) < 4.78 is 0. The summed E-state index contributed by atoms with van der Waals surface area (Å²) in [6.45, 7) is 3.89. The maximum atomic E-state index is 11.2. The molecule has 0 saturated heterocycles. The quantitative estimate of drug-likeness (QED) is 0.656. The fourth-order valence-corrected chi connectivity index (χ4v) is 1.15. The van der Waals surface area contributed by atoms with Gasteiger partial charge in [0, 0.05) is 6.42 Å². The van der Waals surface area contributed by atoms with Gasteiger partial charge in [-0.1, -0.05) is 26.7 Å². The lowest BCUT2D eigenvalue weighted by Crippen LogP contribution is -2.40. The van der Waals surface area contributed by atoms with Crippen molar-refractivity contribution in [2.24, 2.45) is 0 Å². The fourth-order valence-electron chi connectivity index (χ4n) is 1.15. The van der Waals surface area contributed by atoms with Gasteiger partial charge >= 0.3 is 5.97 Å². The van der Waals surface area contributed by atoms with Crippen LogP contribution >= 0.6 is 0 Å². The van der Waals surface area contributed by atoms with E-state index in [1.165, 1.54) is 0 Å². The summed E-state index contributed by atoms with van der Waals surface area (Å²) in [6.07, 6.45) is 3.42. The lowest BCUT2D eigenvalue weighted by atomic mass is 10.1. The van der Waals surface area contributed by atoms with Crippen molar-refractivity contribution in [1.82, 2.24) is 5.32 Å². The minimum atomic E-state index is -0.948. The topological polar surface area (TPSA) is 66.4 Å². The van der Waals surface area contributed by atoms with Gasteiger partial charge in [-0.25, -0.2) is 4.79 Å². The van der Waals surface area contributed by atoms with E-state index in [0.29, 0.717) is 12.8 Å². The molecule has 0 aromatic carbocycles. The van der Waals surface area contributed by atoms with Crippen LogP contribution < -0.4 is 5.32 Å². The van der Waals surface area contributed by atoms with Gasteiger partial charge in [0.1, 0.15) is 6.04 Å². The van der Waals surface area contributed by atoms with Crippen LogP contribution in [0.25, 0.3) is 0 Å². The van der Waals surface area contributed by atoms with E-state index in [4.69, 9.17) is 5.11 Å². The van der Waals surface area contributed by atoms with E-state index in [1.807, 2.05) is 13.8 Å². The molecule has 0 aromatic heterocycles. The molecular formula is C10H19NO3. The summed E-state index contributed by atoms with van der Waals surface area (Å²) in [7, 11) is 0. The smallest absolute Gasteiger partial charge is 0.326 e. The Hall–Kier alpha value is -1.06. The number of nitrogens with one attached hydrogen (secondary N) is 1. The number of rotatable bonds is 7. The van der Waals surface area contributed by atoms with Crippen molar-refractivity contribution in [2.75, 3.05) is 0 Å². The van der Waals surface area contributed by atoms with Crippen molar-refractivity contribution in [3.8, 4) is 0 Å². The molecule has 0 rings (SSSR count). The minimum Gasteiger partial charge on any atom is -0.480 e. The van der Waals surface area contributed by atoms with Crippen LogP contribution in [-0.4, -0.2) is 23.0 Å². The number of hydrogen-bond acceptors (Lipinski definition) is 2. The molecule has 4 nitrogen and oxygen atoms in total. The second kappa shape index (κ2) is 7.35. The summed E-state index contributed by atoms with van der Waals surface area (Å²) in [4.78, 5) is 21.9. The van der Waals surface area contributed by atoms with Gasteiger partial charge in [-0.05, 0) is 12.8 Å². The molecule has 0 aliphatic heterocycles. The molecule has 1 amide bonds. The monoisotopic (exact) mass is 201 g/mol. The third-order valence-electron chi connectivity index (χ3n) is 1.97. The Morgan fingerprint density at radius 3 is 2.36 bits per heavy atom. The zero-order valence-electron chi connectivity index (χ0n) is 8.88. The van der Waals surface area contributed by atoms with Crippen LogP contribution in [-0.2, 0) is 9.59 Å². The number of unbranched alkanes of at least 4 members (excludes halogenated alkanes) is 1. The SMILES string of the molecule is CCCCC(=O)NC(CCC)C(=O)O. The maximum Gasteiger partial charge on any atom is 0.326 e. The van der Waals surface area contributed by atoms with Gasteiger partial charge in [0.05, 0.1) is 0 Å². The molecule has 0 fully saturated rings. The zero-order valence-corrected chi connectivity index (χ0v) is 8.88. The summed E-state index contributed by atoms with van der Waals surface area (Å²) in [5, 5.41) is 11.3. The van der Waals surface area contributed by atoms with Crippen molar-refractivity contribution < 1.29 is 14.7 Å². The van der Waals surface area contributed by atoms with Crippen LogP contribution in [0.5, 0.6) is 0 Å². The predicted molar refractivity (Wildman–Crippen MR) is 54.0 cm³/mol. The molecule has 4 heteroatoms. The number of carboxylic acid groups (broad SMARTS) is 1. The van der Waals surface area contributed by atoms with E-state index in [0.717, 1.165) is 19.3 Å². The Bertz CT molecular complexity index is 192. The van der Waals surface area contributed by atoms with E-state index in [-0.39, 0.29) is 5.91 Å². The Balaban J connectivity index is 3.90. The highest BCUT2D eigenvalue weighted by Crippen LogP contribution is 1.99. The maximum absolute atomic E-state index is 11.2. The molecule has 0 aliphatic rings. The average Bonchev–Trinajstić information content (AvgIpc) is 2.14. The second-order valence-electron chi connectivity index (χ2n) is 3.35. The molecule has 0 heterocycles. The van der Waals surface area contributed by atoms with E-state index < -0.39 is 12.0 Å². The standard InChI is InChI=1S/C10H19NO3/c1-3-5-7-9(12)11-8(6-4-2)10(13)14/h8H,3-7H2,1-2H3,(H,11,12)(H,13,14). The Morgan fingerprint density at radius 2 is 1.93 bits per heavy atom. The Labute approximate surface area is 84.7 Å². The van der Waals surface area contributed by atoms with Crippen molar-refractivity contribution in [3.05, 3.63) is 0 Å². The van der Waals surface area contributed by atoms with Gasteiger partial charge in [0.2, 0.25) is 5.91 Å². The van der Waals surface area contributed by atoms with Crippen molar-refractivity contribution in [3.63, 3.8) is 0 Å². The molecule has 0 radical (unpaired) electrons. The molecule has 14 heavy (non-hydrogen) atoms. The first-order valence-corrected chi connectivity index (χ1v) is 5.14. The van der Waals surface area contributed by atoms with Crippen LogP contribution in [0, 0.1) is 0 Å². The highest BCUT2D eigenvalue weighted by molar-refractivity contribution is 5.83. The first kappa shape index (κ1) is 12.9. The van der Waals surface area contributed by atoms with Crippen molar-refractivity contribution >= 4 is 11.9 Å². The van der Waals surface area contributed by atoms with E-state index >= 15 is 0 Å². The lowest BCUT2D eigenvalue weighted by molar-refractivity contribution is -0.142. The van der Waals surface area contributed by atoms with Gasteiger partial charge in [-0.2, -0.15) is 0 Å². The van der Waals surface area contributed by atoms with Crippen LogP contribution in [0.2, 0.25) is 0 Å². The van der Waals surface area contributed by atoms with Crippen LogP contribution in [0.1, 0.15) is 46.0 Å². The molecular weight excluding hydrogens is 182 g/mol. The highest BCUT2D eigenvalue weighted by Gasteiger charge is 2.17. The molecule has 0 aromatic rings. The van der Waals surface area contributed by atoms with Crippen molar-refractivity contribution in [2.45, 2.75) is 52.0 Å². The summed E-state index contributed by atoms with van der Waals surface area (Å²) >= 11 is 0. The van der Waals surface area contributed by atoms with Gasteiger partial charge in [-0.15, -0.1) is 0 Å². The normalized spacial score (nSPS) is 12.1. The zero-order chi connectivity index (χ0) is 11.0. The number of carbonyl (C=O) groups excluding carboxylic acids is 1. The average molecular weight is 201 g/mol. The van der Waals surface area contributed by atoms with E-state index in [1.54, 1.807) is 0 Å². The number of carbonyl (C=O) groups is 2. The minimum absolute atomic E-state index is 0.160. The van der Waals surface area contributed by atoms with Crippen molar-refractivity contribution in [1.29, 1.82) is 0 Å². The third-order valence-corrected chi connectivity index (χ3v) is 1.97. The van der Waals surface area contributed by atoms with Crippen LogP contribution in [0.4, 0.5) is 0 Å². The first-order valence-electron chi connectivity index (χ1n) is 5.14. The molecule has 1 atom stereocenters. The van der Waals surface area contributed by atoms with Gasteiger partial charge < -0.3 is 10.4 Å². The first-order chi connectivity index (χ1) is 6.61. The third kappa shape index (κ3) is 5.56. The molecule has 0 spiro atoms. The number of carboxylic acids is 1. The lowest BCUT2D eigenvalue weighted by Gasteiger charge is -2.12. The molecule has 0 saturated carbocycles. The molecule has 0 bridgehead atoms. The van der Waals surface area contributed by atoms with Gasteiger partial charge in [-0.3, -0.25) is 4.79 Å². The Kier molecular flexibility index (Phi) is 6.80. The molecule has 2 N–H and O–H groups in total. The second-order valence-corrected chi connectivity index (χ2v) is 3.35. The number of aliphatic carboxylic acids is 1. The summed E-state index contributed by atoms with van der Waals surface area (Å²) in [5.41, 5.74) is 0. The molecule has 1 unspecified atom stereocenters. The summed E-state index contributed by atoms with van der Waals surface area (Å²) in [5.74, 6) is -1.11. The van der Waals surface area contributed by atoms with Gasteiger partial charge in [0.25, 0.3) is 0 Å². The largest absolute Gasteiger partial charge is 0.480 e. The highest BCUT2D eigenvalue weighted by atomic mass is 16.4. The predicted octanol–water partition coefficient (Wildman–Crippen LogP) is 1.55. The molecule has 0 aliphatic carbocycles. The Morgan fingerprint density at radius 1 is 1.29 bits per heavy atom. The number of hydrogen-bond donors (Lipinski definition) is 2.